The molecule has 1 saturated heterocycles. The van der Waals surface area contributed by atoms with Crippen LogP contribution in [-0.2, 0) is 16.6 Å². The van der Waals surface area contributed by atoms with Gasteiger partial charge in [0.2, 0.25) is 16.0 Å². The number of aromatic nitrogens is 2. The van der Waals surface area contributed by atoms with Gasteiger partial charge in [-0.05, 0) is 43.5 Å². The maximum atomic E-state index is 12.5. The van der Waals surface area contributed by atoms with Crippen LogP contribution in [0.1, 0.15) is 24.1 Å². The zero-order valence-electron chi connectivity index (χ0n) is 13.7. The molecule has 1 fully saturated rings. The van der Waals surface area contributed by atoms with Crippen molar-refractivity contribution in [3.8, 4) is 0 Å². The molecular formula is C16H18Cl2N4O2S. The Morgan fingerprint density at radius 1 is 1.20 bits per heavy atom. The Morgan fingerprint density at radius 3 is 2.64 bits per heavy atom. The Bertz CT molecular complexity index is 884. The lowest BCUT2D eigenvalue weighted by Gasteiger charge is -2.15. The second kappa shape index (κ2) is 7.45. The van der Waals surface area contributed by atoms with Crippen LogP contribution in [0.15, 0.2) is 29.3 Å². The number of sulfonamides is 1. The van der Waals surface area contributed by atoms with Gasteiger partial charge in [-0.1, -0.05) is 23.2 Å². The quantitative estimate of drug-likeness (QED) is 0.833. The molecule has 0 radical (unpaired) electrons. The maximum absolute atomic E-state index is 12.5. The monoisotopic (exact) mass is 400 g/mol. The molecule has 0 spiro atoms. The van der Waals surface area contributed by atoms with Crippen molar-refractivity contribution in [2.24, 2.45) is 0 Å². The van der Waals surface area contributed by atoms with Gasteiger partial charge in [-0.3, -0.25) is 0 Å². The summed E-state index contributed by atoms with van der Waals surface area (Å²) in [5, 5.41) is 0.513. The molecule has 134 valence electrons. The average molecular weight is 401 g/mol. The summed E-state index contributed by atoms with van der Waals surface area (Å²) >= 11 is 12.0. The average Bonchev–Trinajstić information content (AvgIpc) is 3.11. The number of hydrogen-bond donors (Lipinski definition) is 1. The summed E-state index contributed by atoms with van der Waals surface area (Å²) in [4.78, 5) is 10.8. The Kier molecular flexibility index (Phi) is 5.48. The number of hydrogen-bond acceptors (Lipinski definition) is 5. The molecule has 1 aliphatic heterocycles. The molecule has 0 bridgehead atoms. The van der Waals surface area contributed by atoms with Gasteiger partial charge in [-0.15, -0.1) is 0 Å². The molecule has 1 aromatic heterocycles. The Balaban J connectivity index is 1.76. The zero-order valence-corrected chi connectivity index (χ0v) is 16.0. The van der Waals surface area contributed by atoms with E-state index in [1.54, 1.807) is 19.2 Å². The van der Waals surface area contributed by atoms with E-state index in [1.165, 1.54) is 12.1 Å². The SMILES string of the molecule is Cc1cc(S(=O)(=O)NCc2ccnc(N3CCCC3)n2)c(Cl)cc1Cl. The van der Waals surface area contributed by atoms with E-state index >= 15 is 0 Å². The highest BCUT2D eigenvalue weighted by atomic mass is 35.5. The number of halogens is 2. The van der Waals surface area contributed by atoms with E-state index in [4.69, 9.17) is 23.2 Å². The summed E-state index contributed by atoms with van der Waals surface area (Å²) in [5.74, 6) is 0.634. The molecule has 0 saturated carbocycles. The van der Waals surface area contributed by atoms with Gasteiger partial charge in [0.1, 0.15) is 4.90 Å². The van der Waals surface area contributed by atoms with Crippen LogP contribution < -0.4 is 9.62 Å². The minimum atomic E-state index is -3.77. The highest BCUT2D eigenvalue weighted by Gasteiger charge is 2.20. The Labute approximate surface area is 157 Å². The maximum Gasteiger partial charge on any atom is 0.242 e. The van der Waals surface area contributed by atoms with E-state index in [0.717, 1.165) is 25.9 Å². The zero-order chi connectivity index (χ0) is 18.0. The van der Waals surface area contributed by atoms with Crippen LogP contribution >= 0.6 is 23.2 Å². The Morgan fingerprint density at radius 2 is 1.92 bits per heavy atom. The number of anilines is 1. The normalized spacial score (nSPS) is 14.9. The number of aryl methyl sites for hydroxylation is 1. The Hall–Kier alpha value is -1.41. The van der Waals surface area contributed by atoms with Crippen molar-refractivity contribution in [1.82, 2.24) is 14.7 Å². The van der Waals surface area contributed by atoms with Crippen molar-refractivity contribution < 1.29 is 8.42 Å². The number of nitrogens with zero attached hydrogens (tertiary/aromatic N) is 3. The van der Waals surface area contributed by atoms with Crippen LogP contribution in [0.25, 0.3) is 0 Å². The van der Waals surface area contributed by atoms with Crippen molar-refractivity contribution in [2.75, 3.05) is 18.0 Å². The topological polar surface area (TPSA) is 75.2 Å². The van der Waals surface area contributed by atoms with Crippen LogP contribution in [-0.4, -0.2) is 31.5 Å². The van der Waals surface area contributed by atoms with E-state index in [-0.39, 0.29) is 16.5 Å². The first-order valence-corrected chi connectivity index (χ1v) is 10.1. The van der Waals surface area contributed by atoms with Crippen LogP contribution in [0, 0.1) is 6.92 Å². The smallest absolute Gasteiger partial charge is 0.242 e. The van der Waals surface area contributed by atoms with Crippen molar-refractivity contribution in [2.45, 2.75) is 31.2 Å². The van der Waals surface area contributed by atoms with Crippen LogP contribution in [0.2, 0.25) is 10.0 Å². The summed E-state index contributed by atoms with van der Waals surface area (Å²) in [7, 11) is -3.77. The minimum Gasteiger partial charge on any atom is -0.341 e. The summed E-state index contributed by atoms with van der Waals surface area (Å²) < 4.78 is 27.6. The van der Waals surface area contributed by atoms with E-state index in [9.17, 15) is 8.42 Å². The number of benzene rings is 1. The molecule has 0 unspecified atom stereocenters. The highest BCUT2D eigenvalue weighted by molar-refractivity contribution is 7.89. The lowest BCUT2D eigenvalue weighted by atomic mass is 10.2. The molecule has 1 aliphatic rings. The van der Waals surface area contributed by atoms with Gasteiger partial charge in [0.15, 0.2) is 0 Å². The fourth-order valence-electron chi connectivity index (χ4n) is 2.64. The highest BCUT2D eigenvalue weighted by Crippen LogP contribution is 2.28. The van der Waals surface area contributed by atoms with Crippen LogP contribution in [0.3, 0.4) is 0 Å². The van der Waals surface area contributed by atoms with Crippen molar-refractivity contribution in [3.05, 3.63) is 45.7 Å². The van der Waals surface area contributed by atoms with Crippen molar-refractivity contribution in [3.63, 3.8) is 0 Å². The first-order valence-electron chi connectivity index (χ1n) is 7.89. The second-order valence-electron chi connectivity index (χ2n) is 5.90. The summed E-state index contributed by atoms with van der Waals surface area (Å²) in [6.45, 7) is 3.64. The van der Waals surface area contributed by atoms with E-state index in [2.05, 4.69) is 19.6 Å². The summed E-state index contributed by atoms with van der Waals surface area (Å²) in [5.41, 5.74) is 1.24. The minimum absolute atomic E-state index is 0.00453. The molecule has 3 rings (SSSR count). The number of nitrogens with one attached hydrogen (secondary N) is 1. The van der Waals surface area contributed by atoms with Gasteiger partial charge in [0, 0.05) is 24.3 Å². The molecular weight excluding hydrogens is 383 g/mol. The fraction of sp³-hybridized carbons (Fsp3) is 0.375. The first kappa shape index (κ1) is 18.4. The lowest BCUT2D eigenvalue weighted by molar-refractivity contribution is 0.580. The van der Waals surface area contributed by atoms with Gasteiger partial charge in [-0.25, -0.2) is 23.1 Å². The molecule has 0 amide bonds. The molecule has 25 heavy (non-hydrogen) atoms. The third-order valence-corrected chi connectivity index (χ3v) is 6.31. The molecule has 1 N–H and O–H groups in total. The number of rotatable bonds is 5. The predicted octanol–water partition coefficient (Wildman–Crippen LogP) is 3.17. The van der Waals surface area contributed by atoms with Gasteiger partial charge >= 0.3 is 0 Å². The lowest BCUT2D eigenvalue weighted by Crippen LogP contribution is -2.25. The van der Waals surface area contributed by atoms with Gasteiger partial charge in [-0.2, -0.15) is 0 Å². The standard InChI is InChI=1S/C16H18Cl2N4O2S/c1-11-8-15(14(18)9-13(11)17)25(23,24)20-10-12-4-5-19-16(21-12)22-6-2-3-7-22/h4-5,8-9,20H,2-3,6-7,10H2,1H3. The van der Waals surface area contributed by atoms with Crippen molar-refractivity contribution >= 4 is 39.2 Å². The van der Waals surface area contributed by atoms with Crippen molar-refractivity contribution in [1.29, 1.82) is 0 Å². The summed E-state index contributed by atoms with van der Waals surface area (Å²) in [6.07, 6.45) is 3.88. The molecule has 2 aromatic rings. The van der Waals surface area contributed by atoms with Crippen LogP contribution in [0.5, 0.6) is 0 Å². The predicted molar refractivity (Wildman–Crippen MR) is 98.7 cm³/mol. The molecule has 9 heteroatoms. The molecule has 1 aromatic carbocycles. The molecule has 0 aliphatic carbocycles. The van der Waals surface area contributed by atoms with E-state index < -0.39 is 10.0 Å². The van der Waals surface area contributed by atoms with Crippen LogP contribution in [0.4, 0.5) is 5.95 Å². The van der Waals surface area contributed by atoms with Gasteiger partial charge < -0.3 is 4.90 Å². The molecule has 6 nitrogen and oxygen atoms in total. The molecule has 2 heterocycles. The van der Waals surface area contributed by atoms with Gasteiger partial charge in [0.25, 0.3) is 0 Å². The van der Waals surface area contributed by atoms with E-state index in [0.29, 0.717) is 22.2 Å². The third kappa shape index (κ3) is 4.23. The second-order valence-corrected chi connectivity index (χ2v) is 8.45. The largest absolute Gasteiger partial charge is 0.341 e. The summed E-state index contributed by atoms with van der Waals surface area (Å²) in [6, 6.07) is 4.59. The van der Waals surface area contributed by atoms with Gasteiger partial charge in [0.05, 0.1) is 17.3 Å². The van der Waals surface area contributed by atoms with E-state index in [1.807, 2.05) is 0 Å². The third-order valence-electron chi connectivity index (χ3n) is 4.04. The first-order chi connectivity index (χ1) is 11.9. The fourth-order valence-corrected chi connectivity index (χ4v) is 4.46. The molecule has 0 atom stereocenters.